The number of nitrogens with two attached hydrogens (primary N) is 1. The molecule has 2 fully saturated rings. The summed E-state index contributed by atoms with van der Waals surface area (Å²) in [5, 5.41) is 22.1. The molecule has 7 rings (SSSR count). The molecule has 2 aliphatic rings. The first-order chi connectivity index (χ1) is 42.0. The molecule has 0 radical (unpaired) electrons. The number of carbonyl (C=O) groups is 10. The number of amides is 8. The minimum atomic E-state index is -1.31. The maximum atomic E-state index is 13.6. The molecule has 0 spiro atoms. The second-order valence-electron chi connectivity index (χ2n) is 19.7. The molecular weight excluding hydrogens is 1130 g/mol. The van der Waals surface area contributed by atoms with Gasteiger partial charge in [0.1, 0.15) is 31.9 Å². The van der Waals surface area contributed by atoms with Crippen molar-refractivity contribution in [3.8, 4) is 0 Å². The molecule has 6 atom stereocenters. The van der Waals surface area contributed by atoms with E-state index in [2.05, 4.69) is 38.2 Å². The van der Waals surface area contributed by atoms with Crippen LogP contribution >= 0.6 is 0 Å². The zero-order chi connectivity index (χ0) is 62.7. The molecule has 87 heavy (non-hydrogen) atoms. The van der Waals surface area contributed by atoms with E-state index in [0.29, 0.717) is 23.4 Å². The van der Waals surface area contributed by atoms with E-state index in [1.165, 1.54) is 14.2 Å². The standard InChI is InChI=1S/C42H43N5O10.C20H26N4O6/c1-54-37(49)34(25-29-15-6-2-7-16-29)44-40(51)47-35(38(50)55-26-30-17-8-3-9-18-30)33(36(47)48)23-14-24-43-39(45-41(52)56-27-31-19-10-4-11-20-31)46-42(53)57-28-32-21-12-5-13-22-32;1-12(21)22-10-6-9-14-16(18(26)27)24(17(14)25)20(29)23-15(19(28)30-2)11-13-7-4-3-5-8-13/h2-13,15-22,33-35H,14,23-28H2,1H3,(H,44,51)(H2,43,45,46,52,53);3-5,7-8,14-16,22H,1,6,9-11,21H2,2H3,(H,23,29)(H,26,27)/t33-,34?,35?;14-,15?,16?/m11/s1. The number of carbonyl (C=O) groups excluding carboxylic acids is 9. The van der Waals surface area contributed by atoms with Crippen LogP contribution in [-0.2, 0) is 85.1 Å². The fraction of sp³-hybridized carbons (Fsp3) is 0.306. The number of esters is 3. The monoisotopic (exact) mass is 1200 g/mol. The highest BCUT2D eigenvalue weighted by Gasteiger charge is 2.56. The van der Waals surface area contributed by atoms with Gasteiger partial charge in [-0.2, -0.15) is 0 Å². The highest BCUT2D eigenvalue weighted by molar-refractivity contribution is 6.09. The number of rotatable bonds is 25. The van der Waals surface area contributed by atoms with Gasteiger partial charge in [-0.15, -0.1) is 0 Å². The van der Waals surface area contributed by atoms with Crippen LogP contribution in [0.5, 0.6) is 0 Å². The third-order valence-electron chi connectivity index (χ3n) is 13.6. The molecule has 0 aliphatic carbocycles. The summed E-state index contributed by atoms with van der Waals surface area (Å²) in [7, 11) is 2.36. The molecule has 0 bridgehead atoms. The Labute approximate surface area is 501 Å². The van der Waals surface area contributed by atoms with E-state index in [4.69, 9.17) is 29.4 Å². The van der Waals surface area contributed by atoms with Crippen molar-refractivity contribution in [2.75, 3.05) is 27.3 Å². The van der Waals surface area contributed by atoms with Crippen molar-refractivity contribution in [3.63, 3.8) is 0 Å². The molecule has 25 nitrogen and oxygen atoms in total. The minimum Gasteiger partial charge on any atom is -0.480 e. The van der Waals surface area contributed by atoms with Crippen LogP contribution in [0.15, 0.2) is 169 Å². The van der Waals surface area contributed by atoms with E-state index >= 15 is 0 Å². The van der Waals surface area contributed by atoms with Crippen LogP contribution in [0.1, 0.15) is 53.5 Å². The van der Waals surface area contributed by atoms with Gasteiger partial charge in [-0.25, -0.2) is 48.2 Å². The van der Waals surface area contributed by atoms with Gasteiger partial charge in [0.2, 0.25) is 17.8 Å². The number of hydrogen-bond donors (Lipinski definition) is 7. The lowest BCUT2D eigenvalue weighted by atomic mass is 9.83. The van der Waals surface area contributed by atoms with E-state index in [-0.39, 0.29) is 70.3 Å². The van der Waals surface area contributed by atoms with Gasteiger partial charge in [-0.3, -0.25) is 25.2 Å². The van der Waals surface area contributed by atoms with E-state index < -0.39 is 95.9 Å². The fourth-order valence-corrected chi connectivity index (χ4v) is 9.18. The number of aliphatic carboxylic acids is 1. The van der Waals surface area contributed by atoms with Gasteiger partial charge < -0.3 is 50.5 Å². The molecule has 2 heterocycles. The van der Waals surface area contributed by atoms with Gasteiger partial charge in [-0.05, 0) is 53.5 Å². The number of carboxylic acids is 1. The zero-order valence-corrected chi connectivity index (χ0v) is 47.9. The van der Waals surface area contributed by atoms with Crippen molar-refractivity contribution in [2.45, 2.75) is 82.5 Å². The molecule has 0 aromatic heterocycles. The molecule has 8 amide bonds. The van der Waals surface area contributed by atoms with Crippen molar-refractivity contribution >= 4 is 65.9 Å². The summed E-state index contributed by atoms with van der Waals surface area (Å²) < 4.78 is 25.7. The lowest BCUT2D eigenvalue weighted by molar-refractivity contribution is -0.170. The predicted molar refractivity (Wildman–Crippen MR) is 313 cm³/mol. The first-order valence-corrected chi connectivity index (χ1v) is 27.6. The molecular formula is C62H69N9O16. The summed E-state index contributed by atoms with van der Waals surface area (Å²) >= 11 is 0. The Morgan fingerprint density at radius 2 is 0.920 bits per heavy atom. The number of alkyl carbamates (subject to hydrolysis) is 2. The van der Waals surface area contributed by atoms with Crippen LogP contribution in [0.3, 0.4) is 0 Å². The average Bonchev–Trinajstić information content (AvgIpc) is 0.973. The van der Waals surface area contributed by atoms with Gasteiger partial charge in [0.05, 0.1) is 31.9 Å². The number of urea groups is 2. The first-order valence-electron chi connectivity index (χ1n) is 27.6. The second kappa shape index (κ2) is 33.6. The summed E-state index contributed by atoms with van der Waals surface area (Å²) in [5.74, 6) is -6.59. The minimum absolute atomic E-state index is 0.0312. The molecule has 4 unspecified atom stereocenters. The van der Waals surface area contributed by atoms with Crippen molar-refractivity contribution in [3.05, 3.63) is 192 Å². The molecule has 8 N–H and O–H groups in total. The molecule has 0 saturated carbocycles. The van der Waals surface area contributed by atoms with Crippen LogP contribution in [0.4, 0.5) is 19.2 Å². The lowest BCUT2D eigenvalue weighted by Gasteiger charge is -2.44. The van der Waals surface area contributed by atoms with Gasteiger partial charge in [-0.1, -0.05) is 158 Å². The Morgan fingerprint density at radius 1 is 0.552 bits per heavy atom. The normalized spacial score (nSPS) is 16.2. The van der Waals surface area contributed by atoms with Crippen molar-refractivity contribution in [1.82, 2.24) is 36.4 Å². The number of hydrogen-bond acceptors (Lipinski definition) is 18. The van der Waals surface area contributed by atoms with Crippen molar-refractivity contribution in [1.29, 1.82) is 0 Å². The maximum Gasteiger partial charge on any atom is 0.414 e. The Hall–Kier alpha value is -10.6. The van der Waals surface area contributed by atoms with Crippen molar-refractivity contribution in [2.24, 2.45) is 22.6 Å². The van der Waals surface area contributed by atoms with Crippen LogP contribution < -0.4 is 32.3 Å². The Balaban J connectivity index is 0.000000339. The SMILES string of the molecule is C=C(N)NCCC[C@H]1C(=O)N(C(=O)NC(Cc2ccccc2)C(=O)OC)C1C(=O)O.COC(=O)C(Cc1ccccc1)NC(=O)N1C(=O)[C@H](CCCN=C(NC(=O)OCc2ccccc2)NC(=O)OCc2ccccc2)C1C(=O)OCc1ccccc1. The van der Waals surface area contributed by atoms with Crippen LogP contribution in [0.25, 0.3) is 0 Å². The highest BCUT2D eigenvalue weighted by Crippen LogP contribution is 2.33. The van der Waals surface area contributed by atoms with Gasteiger partial charge in [0.15, 0.2) is 12.1 Å². The highest BCUT2D eigenvalue weighted by atomic mass is 16.6. The van der Waals surface area contributed by atoms with Gasteiger partial charge >= 0.3 is 48.1 Å². The molecule has 2 aliphatic heterocycles. The third-order valence-corrected chi connectivity index (χ3v) is 13.6. The number of nitrogens with one attached hydrogen (secondary N) is 5. The van der Waals surface area contributed by atoms with E-state index in [1.807, 2.05) is 24.3 Å². The molecule has 458 valence electrons. The van der Waals surface area contributed by atoms with E-state index in [9.17, 15) is 53.1 Å². The zero-order valence-electron chi connectivity index (χ0n) is 47.9. The molecule has 5 aromatic rings. The number of methoxy groups -OCH3 is 2. The predicted octanol–water partition coefficient (Wildman–Crippen LogP) is 5.23. The summed E-state index contributed by atoms with van der Waals surface area (Å²) in [6, 6.07) is 38.0. The number of likely N-dealkylation sites (tertiary alicyclic amines) is 2. The number of carboxylic acid groups (broad SMARTS) is 1. The number of imide groups is 2. The van der Waals surface area contributed by atoms with E-state index in [1.54, 1.807) is 127 Å². The molecule has 25 heteroatoms. The number of guanidine groups is 1. The number of β-lactam (4-membered cyclic amide) rings is 2. The van der Waals surface area contributed by atoms with E-state index in [0.717, 1.165) is 27.2 Å². The fourth-order valence-electron chi connectivity index (χ4n) is 9.18. The Morgan fingerprint density at radius 3 is 1.31 bits per heavy atom. The average molecular weight is 1200 g/mol. The van der Waals surface area contributed by atoms with Crippen LogP contribution in [0, 0.1) is 11.8 Å². The Bertz CT molecular complexity index is 3140. The van der Waals surface area contributed by atoms with Crippen LogP contribution in [0.2, 0.25) is 0 Å². The maximum absolute atomic E-state index is 13.6. The van der Waals surface area contributed by atoms with Gasteiger partial charge in [0, 0.05) is 25.9 Å². The molecule has 2 saturated heterocycles. The largest absolute Gasteiger partial charge is 0.480 e. The third kappa shape index (κ3) is 20.0. The smallest absolute Gasteiger partial charge is 0.414 e. The quantitative estimate of drug-likeness (QED) is 0.00982. The van der Waals surface area contributed by atoms with Gasteiger partial charge in [0.25, 0.3) is 0 Å². The second-order valence-corrected chi connectivity index (χ2v) is 19.7. The number of benzene rings is 5. The lowest BCUT2D eigenvalue weighted by Crippen LogP contribution is -2.69. The summed E-state index contributed by atoms with van der Waals surface area (Å²) in [5.41, 5.74) is 9.07. The first kappa shape index (κ1) is 65.6. The number of nitrogens with zero attached hydrogens (tertiary/aromatic N) is 3. The number of ether oxygens (including phenoxy) is 5. The van der Waals surface area contributed by atoms with Crippen LogP contribution in [-0.4, -0.2) is 132 Å². The Kier molecular flexibility index (Phi) is 25.3. The van der Waals surface area contributed by atoms with Crippen molar-refractivity contribution < 1.29 is 76.7 Å². The number of aliphatic imine (C=N–C) groups is 1. The topological polar surface area (TPSA) is 342 Å². The molecule has 5 aromatic carbocycles. The summed E-state index contributed by atoms with van der Waals surface area (Å²) in [6.45, 7) is 3.70. The summed E-state index contributed by atoms with van der Waals surface area (Å²) in [6.07, 6.45) is -0.572. The summed E-state index contributed by atoms with van der Waals surface area (Å²) in [4.78, 5) is 133.